The third-order valence-electron chi connectivity index (χ3n) is 3.38. The number of allylic oxidation sites excluding steroid dienone is 3. The van der Waals surface area contributed by atoms with Crippen molar-refractivity contribution in [3.8, 4) is 0 Å². The molecule has 0 bridgehead atoms. The van der Waals surface area contributed by atoms with Gasteiger partial charge in [0.1, 0.15) is 5.76 Å². The van der Waals surface area contributed by atoms with E-state index in [1.54, 1.807) is 6.20 Å². The second-order valence-corrected chi connectivity index (χ2v) is 6.26. The summed E-state index contributed by atoms with van der Waals surface area (Å²) >= 11 is 5.25. The zero-order chi connectivity index (χ0) is 17.4. The van der Waals surface area contributed by atoms with Crippen molar-refractivity contribution in [3.05, 3.63) is 48.0 Å². The van der Waals surface area contributed by atoms with Gasteiger partial charge in [0.2, 0.25) is 0 Å². The van der Waals surface area contributed by atoms with Gasteiger partial charge in [-0.05, 0) is 50.7 Å². The van der Waals surface area contributed by atoms with E-state index < -0.39 is 0 Å². The maximum Gasteiger partial charge on any atom is 0.193 e. The van der Waals surface area contributed by atoms with Gasteiger partial charge >= 0.3 is 0 Å². The molecule has 5 nitrogen and oxygen atoms in total. The maximum absolute atomic E-state index is 5.98. The van der Waals surface area contributed by atoms with Crippen LogP contribution >= 0.6 is 12.2 Å². The van der Waals surface area contributed by atoms with Gasteiger partial charge in [0.25, 0.3) is 0 Å². The fraction of sp³-hybridized carbons (Fsp3) is 0.444. The van der Waals surface area contributed by atoms with Gasteiger partial charge in [-0.25, -0.2) is 4.99 Å². The lowest BCUT2D eigenvalue weighted by Gasteiger charge is -2.20. The highest BCUT2D eigenvalue weighted by Crippen LogP contribution is 2.28. The van der Waals surface area contributed by atoms with Crippen molar-refractivity contribution in [2.75, 3.05) is 6.61 Å². The monoisotopic (exact) mass is 344 g/mol. The number of aromatic nitrogens is 2. The van der Waals surface area contributed by atoms with Crippen LogP contribution in [0.1, 0.15) is 45.2 Å². The van der Waals surface area contributed by atoms with E-state index in [2.05, 4.69) is 27.4 Å². The van der Waals surface area contributed by atoms with Gasteiger partial charge in [-0.15, -0.1) is 0 Å². The van der Waals surface area contributed by atoms with Crippen molar-refractivity contribution in [2.24, 2.45) is 4.99 Å². The molecular weight excluding hydrogens is 320 g/mol. The first-order valence-corrected chi connectivity index (χ1v) is 8.70. The maximum atomic E-state index is 5.98. The van der Waals surface area contributed by atoms with Crippen LogP contribution in [0.5, 0.6) is 0 Å². The molecule has 1 heterocycles. The molecule has 1 atom stereocenters. The minimum Gasteiger partial charge on any atom is -0.497 e. The third-order valence-corrected chi connectivity index (χ3v) is 3.59. The van der Waals surface area contributed by atoms with E-state index in [0.717, 1.165) is 30.0 Å². The highest BCUT2D eigenvalue weighted by molar-refractivity contribution is 7.80. The molecule has 0 fully saturated rings. The first-order valence-electron chi connectivity index (χ1n) is 8.29. The average molecular weight is 344 g/mol. The molecule has 0 radical (unpaired) electrons. The molecule has 1 aliphatic rings. The third kappa shape index (κ3) is 5.53. The number of hydrogen-bond donors (Lipinski definition) is 1. The SMILES string of the molecule is CCCCOC1=CC(=NC(=S)NC(C)C)C=CC1c1cccnn1. The fourth-order valence-corrected chi connectivity index (χ4v) is 2.57. The second-order valence-electron chi connectivity index (χ2n) is 5.87. The summed E-state index contributed by atoms with van der Waals surface area (Å²) in [5.41, 5.74) is 1.64. The Kier molecular flexibility index (Phi) is 7.06. The summed E-state index contributed by atoms with van der Waals surface area (Å²) < 4.78 is 5.98. The Bertz CT molecular complexity index is 638. The summed E-state index contributed by atoms with van der Waals surface area (Å²) in [5.74, 6) is 0.790. The molecule has 0 amide bonds. The molecule has 1 N–H and O–H groups in total. The van der Waals surface area contributed by atoms with Crippen LogP contribution in [0.15, 0.2) is 47.3 Å². The van der Waals surface area contributed by atoms with Crippen molar-refractivity contribution in [3.63, 3.8) is 0 Å². The molecule has 6 heteroatoms. The predicted molar refractivity (Wildman–Crippen MR) is 101 cm³/mol. The lowest BCUT2D eigenvalue weighted by molar-refractivity contribution is 0.195. The molecular formula is C18H24N4OS. The van der Waals surface area contributed by atoms with Crippen LogP contribution in [0, 0.1) is 0 Å². The molecule has 0 spiro atoms. The lowest BCUT2D eigenvalue weighted by Crippen LogP contribution is -2.28. The van der Waals surface area contributed by atoms with Crippen molar-refractivity contribution in [2.45, 2.75) is 45.6 Å². The normalized spacial score (nSPS) is 18.6. The Hall–Kier alpha value is -2.08. The molecule has 24 heavy (non-hydrogen) atoms. The number of rotatable bonds is 6. The fourth-order valence-electron chi connectivity index (χ4n) is 2.23. The zero-order valence-electron chi connectivity index (χ0n) is 14.4. The van der Waals surface area contributed by atoms with Crippen molar-refractivity contribution in [1.29, 1.82) is 0 Å². The lowest BCUT2D eigenvalue weighted by atomic mass is 9.96. The van der Waals surface area contributed by atoms with Gasteiger partial charge in [0, 0.05) is 18.3 Å². The number of unbranched alkanes of at least 4 members (excludes halogenated alkanes) is 1. The number of aliphatic imine (C=N–C) groups is 1. The quantitative estimate of drug-likeness (QED) is 0.632. The summed E-state index contributed by atoms with van der Waals surface area (Å²) in [6.07, 6.45) is 9.67. The Labute approximate surface area is 148 Å². The Morgan fingerprint density at radius 3 is 2.96 bits per heavy atom. The molecule has 1 aliphatic carbocycles. The Morgan fingerprint density at radius 1 is 1.46 bits per heavy atom. The minimum absolute atomic E-state index is 0.0406. The molecule has 0 saturated heterocycles. The summed E-state index contributed by atoms with van der Waals surface area (Å²) in [5, 5.41) is 11.8. The molecule has 1 unspecified atom stereocenters. The number of nitrogens with one attached hydrogen (secondary N) is 1. The van der Waals surface area contributed by atoms with E-state index in [0.29, 0.717) is 11.7 Å². The van der Waals surface area contributed by atoms with Crippen LogP contribution in [0.25, 0.3) is 0 Å². The topological polar surface area (TPSA) is 59.4 Å². The smallest absolute Gasteiger partial charge is 0.193 e. The molecule has 1 aromatic heterocycles. The van der Waals surface area contributed by atoms with E-state index >= 15 is 0 Å². The van der Waals surface area contributed by atoms with Gasteiger partial charge in [0.15, 0.2) is 5.11 Å². The number of hydrogen-bond acceptors (Lipinski definition) is 4. The van der Waals surface area contributed by atoms with Gasteiger partial charge in [-0.2, -0.15) is 10.2 Å². The van der Waals surface area contributed by atoms with Gasteiger partial charge in [-0.3, -0.25) is 0 Å². The van der Waals surface area contributed by atoms with Crippen molar-refractivity contribution < 1.29 is 4.74 Å². The highest BCUT2D eigenvalue weighted by atomic mass is 32.1. The standard InChI is InChI=1S/C18H24N4OS/c1-4-5-11-23-17-12-14(21-18(24)20-13(2)3)8-9-15(17)16-7-6-10-19-22-16/h6-10,12-13,15H,4-5,11H2,1-3H3,(H,20,24). The molecule has 2 rings (SSSR count). The number of nitrogens with zero attached hydrogens (tertiary/aromatic N) is 3. The van der Waals surface area contributed by atoms with Gasteiger partial charge in [-0.1, -0.05) is 19.4 Å². The zero-order valence-corrected chi connectivity index (χ0v) is 15.2. The Balaban J connectivity index is 2.20. The summed E-state index contributed by atoms with van der Waals surface area (Å²) in [6.45, 7) is 6.88. The predicted octanol–water partition coefficient (Wildman–Crippen LogP) is 3.55. The van der Waals surface area contributed by atoms with E-state index in [1.807, 2.05) is 44.2 Å². The van der Waals surface area contributed by atoms with Crippen LogP contribution in [-0.2, 0) is 4.74 Å². The number of thiocarbonyl (C=S) groups is 1. The first-order chi connectivity index (χ1) is 11.6. The molecule has 0 saturated carbocycles. The van der Waals surface area contributed by atoms with Crippen LogP contribution < -0.4 is 5.32 Å². The van der Waals surface area contributed by atoms with Gasteiger partial charge in [0.05, 0.1) is 23.9 Å². The highest BCUT2D eigenvalue weighted by Gasteiger charge is 2.21. The molecule has 128 valence electrons. The molecule has 1 aromatic rings. The van der Waals surface area contributed by atoms with E-state index in [9.17, 15) is 0 Å². The summed E-state index contributed by atoms with van der Waals surface area (Å²) in [7, 11) is 0. The van der Waals surface area contributed by atoms with Crippen LogP contribution in [0.3, 0.4) is 0 Å². The van der Waals surface area contributed by atoms with Crippen molar-refractivity contribution >= 4 is 23.0 Å². The summed E-state index contributed by atoms with van der Waals surface area (Å²) in [4.78, 5) is 4.44. The molecule has 0 aliphatic heterocycles. The van der Waals surface area contributed by atoms with E-state index in [1.165, 1.54) is 0 Å². The van der Waals surface area contributed by atoms with E-state index in [-0.39, 0.29) is 12.0 Å². The van der Waals surface area contributed by atoms with Crippen LogP contribution in [0.2, 0.25) is 0 Å². The van der Waals surface area contributed by atoms with Gasteiger partial charge < -0.3 is 10.1 Å². The molecule has 0 aromatic carbocycles. The van der Waals surface area contributed by atoms with Crippen LogP contribution in [-0.4, -0.2) is 33.7 Å². The summed E-state index contributed by atoms with van der Waals surface area (Å²) in [6, 6.07) is 4.09. The first kappa shape index (κ1) is 18.3. The van der Waals surface area contributed by atoms with Crippen LogP contribution in [0.4, 0.5) is 0 Å². The Morgan fingerprint density at radius 2 is 2.29 bits per heavy atom. The minimum atomic E-state index is -0.0406. The second kappa shape index (κ2) is 9.27. The largest absolute Gasteiger partial charge is 0.497 e. The average Bonchev–Trinajstić information content (AvgIpc) is 2.55. The van der Waals surface area contributed by atoms with Crippen molar-refractivity contribution in [1.82, 2.24) is 15.5 Å². The van der Waals surface area contributed by atoms with E-state index in [4.69, 9.17) is 17.0 Å². The number of ether oxygens (including phenoxy) is 1.